The summed E-state index contributed by atoms with van der Waals surface area (Å²) < 4.78 is 12.8. The van der Waals surface area contributed by atoms with Gasteiger partial charge in [-0.15, -0.1) is 0 Å². The predicted octanol–water partition coefficient (Wildman–Crippen LogP) is 2.82. The van der Waals surface area contributed by atoms with Gasteiger partial charge in [-0.2, -0.15) is 0 Å². The summed E-state index contributed by atoms with van der Waals surface area (Å²) >= 11 is 5.26. The summed E-state index contributed by atoms with van der Waals surface area (Å²) in [4.78, 5) is 11.2. The molecule has 0 spiro atoms. The standard InChI is InChI=1S/C13H11NO4S/c1-2-14-5-8(13(15)16)12(19)7-3-10-11(4-9(7)14)18-6-17-10/h3-5H,2,6H2,1H3,(H,15,16). The molecule has 0 radical (unpaired) electrons. The molecule has 3 rings (SSSR count). The molecule has 19 heavy (non-hydrogen) atoms. The number of aryl methyl sites for hydroxylation is 1. The van der Waals surface area contributed by atoms with Gasteiger partial charge in [0.05, 0.1) is 15.6 Å². The van der Waals surface area contributed by atoms with Crippen LogP contribution in [0.2, 0.25) is 0 Å². The molecule has 0 fully saturated rings. The molecule has 0 amide bonds. The average Bonchev–Trinajstić information content (AvgIpc) is 2.84. The van der Waals surface area contributed by atoms with E-state index in [0.717, 1.165) is 5.52 Å². The third-order valence-electron chi connectivity index (χ3n) is 3.15. The van der Waals surface area contributed by atoms with Crippen molar-refractivity contribution in [2.75, 3.05) is 6.79 Å². The Balaban J connectivity index is 2.43. The second-order valence-electron chi connectivity index (χ2n) is 4.19. The first kappa shape index (κ1) is 12.0. The van der Waals surface area contributed by atoms with Crippen LogP contribution in [-0.2, 0) is 6.54 Å². The summed E-state index contributed by atoms with van der Waals surface area (Å²) in [5, 5.41) is 9.90. The Hall–Kier alpha value is -2.08. The number of aromatic nitrogens is 1. The number of benzene rings is 1. The zero-order valence-corrected chi connectivity index (χ0v) is 11.0. The Labute approximate surface area is 114 Å². The van der Waals surface area contributed by atoms with E-state index in [-0.39, 0.29) is 12.4 Å². The number of nitrogens with zero attached hydrogens (tertiary/aromatic N) is 1. The van der Waals surface area contributed by atoms with E-state index >= 15 is 0 Å². The van der Waals surface area contributed by atoms with Crippen LogP contribution in [0.5, 0.6) is 11.5 Å². The van der Waals surface area contributed by atoms with Crippen LogP contribution in [0.3, 0.4) is 0 Å². The smallest absolute Gasteiger partial charge is 0.338 e. The molecule has 5 nitrogen and oxygen atoms in total. The number of pyridine rings is 1. The molecule has 1 aromatic carbocycles. The highest BCUT2D eigenvalue weighted by Crippen LogP contribution is 2.36. The molecule has 0 saturated carbocycles. The van der Waals surface area contributed by atoms with E-state index in [1.54, 1.807) is 12.3 Å². The van der Waals surface area contributed by atoms with E-state index in [1.165, 1.54) is 0 Å². The minimum Gasteiger partial charge on any atom is -0.478 e. The lowest BCUT2D eigenvalue weighted by Gasteiger charge is -2.11. The number of carboxylic acids is 1. The largest absolute Gasteiger partial charge is 0.478 e. The van der Waals surface area contributed by atoms with E-state index < -0.39 is 5.97 Å². The van der Waals surface area contributed by atoms with Gasteiger partial charge in [0.1, 0.15) is 0 Å². The fourth-order valence-corrected chi connectivity index (χ4v) is 2.50. The molecule has 0 aliphatic carbocycles. The minimum absolute atomic E-state index is 0.128. The van der Waals surface area contributed by atoms with Crippen molar-refractivity contribution in [3.63, 3.8) is 0 Å². The number of carboxylic acid groups (broad SMARTS) is 1. The molecular formula is C13H11NO4S. The van der Waals surface area contributed by atoms with Crippen molar-refractivity contribution in [1.29, 1.82) is 0 Å². The lowest BCUT2D eigenvalue weighted by Crippen LogP contribution is -2.06. The fraction of sp³-hybridized carbons (Fsp3) is 0.231. The van der Waals surface area contributed by atoms with Gasteiger partial charge in [0, 0.05) is 24.2 Å². The normalized spacial score (nSPS) is 12.9. The lowest BCUT2D eigenvalue weighted by atomic mass is 10.1. The Bertz CT molecular complexity index is 750. The molecule has 1 aliphatic rings. The minimum atomic E-state index is -1.02. The van der Waals surface area contributed by atoms with Gasteiger partial charge in [0.2, 0.25) is 6.79 Å². The van der Waals surface area contributed by atoms with Gasteiger partial charge in [0.15, 0.2) is 11.5 Å². The first-order chi connectivity index (χ1) is 9.11. The van der Waals surface area contributed by atoms with Gasteiger partial charge in [-0.1, -0.05) is 12.2 Å². The highest BCUT2D eigenvalue weighted by Gasteiger charge is 2.18. The highest BCUT2D eigenvalue weighted by atomic mass is 32.1. The molecular weight excluding hydrogens is 266 g/mol. The molecule has 6 heteroatoms. The Morgan fingerprint density at radius 3 is 2.74 bits per heavy atom. The molecule has 2 heterocycles. The van der Waals surface area contributed by atoms with Crippen LogP contribution in [0, 0.1) is 4.51 Å². The van der Waals surface area contributed by atoms with E-state index in [2.05, 4.69) is 0 Å². The van der Waals surface area contributed by atoms with Crippen LogP contribution in [-0.4, -0.2) is 22.4 Å². The Kier molecular flexibility index (Phi) is 2.67. The van der Waals surface area contributed by atoms with Crippen molar-refractivity contribution < 1.29 is 19.4 Å². The Morgan fingerprint density at radius 2 is 2.11 bits per heavy atom. The van der Waals surface area contributed by atoms with Crippen molar-refractivity contribution in [3.8, 4) is 11.5 Å². The van der Waals surface area contributed by atoms with Crippen LogP contribution < -0.4 is 9.47 Å². The van der Waals surface area contributed by atoms with Gasteiger partial charge in [0.25, 0.3) is 0 Å². The number of hydrogen-bond donors (Lipinski definition) is 1. The average molecular weight is 277 g/mol. The van der Waals surface area contributed by atoms with Crippen molar-refractivity contribution >= 4 is 29.1 Å². The molecule has 0 saturated heterocycles. The van der Waals surface area contributed by atoms with Gasteiger partial charge in [-0.05, 0) is 13.0 Å². The summed E-state index contributed by atoms with van der Waals surface area (Å²) in [5.41, 5.74) is 0.977. The number of ether oxygens (including phenoxy) is 2. The number of carbonyl (C=O) groups is 1. The SMILES string of the molecule is CCn1cc(C(=O)O)c(=S)c2cc3c(cc21)OCO3. The summed E-state index contributed by atoms with van der Waals surface area (Å²) in [6, 6.07) is 3.58. The summed E-state index contributed by atoms with van der Waals surface area (Å²) in [6.45, 7) is 2.76. The first-order valence-electron chi connectivity index (χ1n) is 5.82. The second kappa shape index (κ2) is 4.24. The molecule has 0 atom stereocenters. The van der Waals surface area contributed by atoms with Crippen LogP contribution >= 0.6 is 12.2 Å². The summed E-state index contributed by atoms with van der Waals surface area (Å²) in [6.07, 6.45) is 1.56. The van der Waals surface area contributed by atoms with Crippen molar-refractivity contribution in [3.05, 3.63) is 28.4 Å². The van der Waals surface area contributed by atoms with Gasteiger partial charge in [-0.3, -0.25) is 0 Å². The lowest BCUT2D eigenvalue weighted by molar-refractivity contribution is 0.0695. The number of aromatic carboxylic acids is 1. The summed E-state index contributed by atoms with van der Waals surface area (Å²) in [7, 11) is 0. The van der Waals surface area contributed by atoms with E-state index in [0.29, 0.717) is 27.9 Å². The zero-order valence-electron chi connectivity index (χ0n) is 10.2. The molecule has 0 bridgehead atoms. The monoisotopic (exact) mass is 277 g/mol. The van der Waals surface area contributed by atoms with Crippen LogP contribution in [0.15, 0.2) is 18.3 Å². The fourth-order valence-electron chi connectivity index (χ4n) is 2.19. The van der Waals surface area contributed by atoms with Crippen molar-refractivity contribution in [2.24, 2.45) is 0 Å². The molecule has 1 aliphatic heterocycles. The quantitative estimate of drug-likeness (QED) is 0.855. The molecule has 1 aromatic heterocycles. The van der Waals surface area contributed by atoms with E-state index in [9.17, 15) is 9.90 Å². The van der Waals surface area contributed by atoms with Crippen LogP contribution in [0.1, 0.15) is 17.3 Å². The van der Waals surface area contributed by atoms with Gasteiger partial charge in [-0.25, -0.2) is 4.79 Å². The van der Waals surface area contributed by atoms with Gasteiger partial charge < -0.3 is 19.1 Å². The topological polar surface area (TPSA) is 60.7 Å². The number of hydrogen-bond acceptors (Lipinski definition) is 4. The van der Waals surface area contributed by atoms with E-state index in [4.69, 9.17) is 21.7 Å². The molecule has 0 unspecified atom stereocenters. The third-order valence-corrected chi connectivity index (χ3v) is 3.59. The predicted molar refractivity (Wildman–Crippen MR) is 71.5 cm³/mol. The van der Waals surface area contributed by atoms with E-state index in [1.807, 2.05) is 17.6 Å². The maximum absolute atomic E-state index is 11.2. The van der Waals surface area contributed by atoms with Crippen molar-refractivity contribution in [1.82, 2.24) is 4.57 Å². The maximum Gasteiger partial charge on any atom is 0.338 e. The number of rotatable bonds is 2. The summed E-state index contributed by atoms with van der Waals surface area (Å²) in [5.74, 6) is 0.239. The van der Waals surface area contributed by atoms with Gasteiger partial charge >= 0.3 is 5.97 Å². The molecule has 2 aromatic rings. The second-order valence-corrected chi connectivity index (χ2v) is 4.59. The third kappa shape index (κ3) is 1.76. The van der Waals surface area contributed by atoms with Crippen molar-refractivity contribution in [2.45, 2.75) is 13.5 Å². The first-order valence-corrected chi connectivity index (χ1v) is 6.22. The maximum atomic E-state index is 11.2. The zero-order chi connectivity index (χ0) is 13.6. The van der Waals surface area contributed by atoms with Crippen LogP contribution in [0.25, 0.3) is 10.9 Å². The van der Waals surface area contributed by atoms with Crippen LogP contribution in [0.4, 0.5) is 0 Å². The number of fused-ring (bicyclic) bond motifs is 2. The Morgan fingerprint density at radius 1 is 1.42 bits per heavy atom. The molecule has 1 N–H and O–H groups in total. The molecule has 98 valence electrons. The highest BCUT2D eigenvalue weighted by molar-refractivity contribution is 7.71.